The summed E-state index contributed by atoms with van der Waals surface area (Å²) in [5, 5.41) is 0. The quantitative estimate of drug-likeness (QED) is 0.715. The first-order valence-corrected chi connectivity index (χ1v) is 6.16. The monoisotopic (exact) mass is 283 g/mol. The van der Waals surface area contributed by atoms with Crippen LogP contribution in [0.1, 0.15) is 5.56 Å². The molecule has 0 atom stereocenters. The van der Waals surface area contributed by atoms with E-state index in [1.165, 1.54) is 26.2 Å². The van der Waals surface area contributed by atoms with Gasteiger partial charge in [-0.1, -0.05) is 12.1 Å². The number of rotatable bonds is 7. The summed E-state index contributed by atoms with van der Waals surface area (Å²) in [5.74, 6) is 0.769. The normalized spacial score (nSPS) is 10.4. The molecule has 1 amide bonds. The number of hydrogen-bond donors (Lipinski definition) is 0. The molecule has 0 heterocycles. The molecule has 0 bridgehead atoms. The molecule has 20 heavy (non-hydrogen) atoms. The van der Waals surface area contributed by atoms with Gasteiger partial charge in [0.05, 0.1) is 20.8 Å². The van der Waals surface area contributed by atoms with E-state index < -0.39 is 12.4 Å². The molecule has 1 rings (SSSR count). The molecule has 0 aliphatic carbocycles. The molecule has 0 aromatic heterocycles. The van der Waals surface area contributed by atoms with E-state index in [9.17, 15) is 4.79 Å². The van der Waals surface area contributed by atoms with E-state index in [4.69, 9.17) is 18.9 Å². The van der Waals surface area contributed by atoms with Gasteiger partial charge in [0.15, 0.2) is 6.29 Å². The number of amides is 1. The molecule has 0 unspecified atom stereocenters. The van der Waals surface area contributed by atoms with Crippen LogP contribution in [0.5, 0.6) is 5.75 Å². The van der Waals surface area contributed by atoms with E-state index in [0.717, 1.165) is 11.3 Å². The lowest BCUT2D eigenvalue weighted by Gasteiger charge is -2.25. The molecular weight excluding hydrogens is 262 g/mol. The van der Waals surface area contributed by atoms with Gasteiger partial charge in [0.1, 0.15) is 5.75 Å². The Hall–Kier alpha value is -1.79. The average molecular weight is 283 g/mol. The number of carbonyl (C=O) groups is 1. The fraction of sp³-hybridized carbons (Fsp3) is 0.500. The molecule has 0 aliphatic heterocycles. The largest absolute Gasteiger partial charge is 0.497 e. The van der Waals surface area contributed by atoms with Crippen LogP contribution >= 0.6 is 0 Å². The number of methoxy groups -OCH3 is 4. The molecule has 6 heteroatoms. The van der Waals surface area contributed by atoms with Crippen molar-refractivity contribution < 1.29 is 23.7 Å². The summed E-state index contributed by atoms with van der Waals surface area (Å²) in [6.07, 6.45) is -0.924. The van der Waals surface area contributed by atoms with Crippen LogP contribution in [0.4, 0.5) is 4.79 Å². The topological polar surface area (TPSA) is 57.2 Å². The minimum atomic E-state index is -0.493. The van der Waals surface area contributed by atoms with Crippen LogP contribution in [-0.2, 0) is 20.8 Å². The van der Waals surface area contributed by atoms with E-state index in [1.807, 2.05) is 24.3 Å². The molecule has 1 aromatic rings. The zero-order valence-corrected chi connectivity index (χ0v) is 12.3. The van der Waals surface area contributed by atoms with Crippen molar-refractivity contribution in [2.24, 2.45) is 0 Å². The first kappa shape index (κ1) is 16.3. The zero-order chi connectivity index (χ0) is 15.0. The number of benzene rings is 1. The van der Waals surface area contributed by atoms with Crippen molar-refractivity contribution in [2.75, 3.05) is 35.0 Å². The van der Waals surface area contributed by atoms with E-state index in [1.54, 1.807) is 7.11 Å². The van der Waals surface area contributed by atoms with Crippen molar-refractivity contribution in [3.8, 4) is 5.75 Å². The average Bonchev–Trinajstić information content (AvgIpc) is 2.51. The zero-order valence-electron chi connectivity index (χ0n) is 12.3. The number of carbonyl (C=O) groups excluding carboxylic acids is 1. The highest BCUT2D eigenvalue weighted by molar-refractivity contribution is 5.67. The van der Waals surface area contributed by atoms with Crippen LogP contribution in [0, 0.1) is 0 Å². The molecule has 0 aliphatic rings. The van der Waals surface area contributed by atoms with Gasteiger partial charge >= 0.3 is 6.09 Å². The molecule has 0 saturated heterocycles. The Morgan fingerprint density at radius 1 is 1.10 bits per heavy atom. The highest BCUT2D eigenvalue weighted by atomic mass is 16.7. The molecule has 0 fully saturated rings. The van der Waals surface area contributed by atoms with Gasteiger partial charge < -0.3 is 18.9 Å². The lowest BCUT2D eigenvalue weighted by Crippen LogP contribution is -2.38. The predicted octanol–water partition coefficient (Wildman–Crippen LogP) is 1.88. The van der Waals surface area contributed by atoms with Gasteiger partial charge in [-0.05, 0) is 17.7 Å². The second-order valence-electron chi connectivity index (χ2n) is 4.10. The molecule has 0 N–H and O–H groups in total. The first-order valence-electron chi connectivity index (χ1n) is 6.16. The van der Waals surface area contributed by atoms with Crippen LogP contribution in [0.3, 0.4) is 0 Å². The van der Waals surface area contributed by atoms with E-state index >= 15 is 0 Å². The van der Waals surface area contributed by atoms with Crippen LogP contribution in [0.15, 0.2) is 24.3 Å². The summed E-state index contributed by atoms with van der Waals surface area (Å²) in [6, 6.07) is 7.47. The minimum Gasteiger partial charge on any atom is -0.497 e. The maximum Gasteiger partial charge on any atom is 0.409 e. The Morgan fingerprint density at radius 2 is 1.70 bits per heavy atom. The Kier molecular flexibility index (Phi) is 6.83. The van der Waals surface area contributed by atoms with E-state index in [0.29, 0.717) is 6.54 Å². The molecule has 0 saturated carbocycles. The maximum atomic E-state index is 11.8. The summed E-state index contributed by atoms with van der Waals surface area (Å²) in [7, 11) is 6.00. The number of ether oxygens (including phenoxy) is 4. The van der Waals surface area contributed by atoms with Gasteiger partial charge in [0.2, 0.25) is 0 Å². The lowest BCUT2D eigenvalue weighted by atomic mass is 10.2. The molecule has 112 valence electrons. The Labute approximate surface area is 119 Å². The van der Waals surface area contributed by atoms with Gasteiger partial charge in [0.25, 0.3) is 0 Å². The van der Waals surface area contributed by atoms with Crippen molar-refractivity contribution in [2.45, 2.75) is 12.8 Å². The van der Waals surface area contributed by atoms with Gasteiger partial charge in [-0.3, -0.25) is 4.90 Å². The third kappa shape index (κ3) is 4.71. The van der Waals surface area contributed by atoms with Gasteiger partial charge in [0, 0.05) is 20.8 Å². The maximum absolute atomic E-state index is 11.8. The first-order chi connectivity index (χ1) is 9.64. The molecule has 6 nitrogen and oxygen atoms in total. The van der Waals surface area contributed by atoms with Gasteiger partial charge in [-0.25, -0.2) is 4.79 Å². The van der Waals surface area contributed by atoms with Crippen molar-refractivity contribution in [3.63, 3.8) is 0 Å². The fourth-order valence-electron chi connectivity index (χ4n) is 1.71. The standard InChI is InChI=1S/C14H21NO5/c1-17-12-7-5-11(6-8-12)9-15(14(16)20-4)10-13(18-2)19-3/h5-8,13H,9-10H2,1-4H3. The van der Waals surface area contributed by atoms with Gasteiger partial charge in [-0.2, -0.15) is 0 Å². The van der Waals surface area contributed by atoms with Crippen molar-refractivity contribution in [1.82, 2.24) is 4.90 Å². The van der Waals surface area contributed by atoms with Crippen LogP contribution < -0.4 is 4.74 Å². The van der Waals surface area contributed by atoms with E-state index in [-0.39, 0.29) is 6.54 Å². The van der Waals surface area contributed by atoms with Crippen LogP contribution in [0.25, 0.3) is 0 Å². The highest BCUT2D eigenvalue weighted by Gasteiger charge is 2.19. The molecule has 0 radical (unpaired) electrons. The van der Waals surface area contributed by atoms with Crippen LogP contribution in [-0.4, -0.2) is 52.3 Å². The third-order valence-electron chi connectivity index (χ3n) is 2.86. The fourth-order valence-corrected chi connectivity index (χ4v) is 1.71. The summed E-state index contributed by atoms with van der Waals surface area (Å²) in [5.41, 5.74) is 0.960. The van der Waals surface area contributed by atoms with Gasteiger partial charge in [-0.15, -0.1) is 0 Å². The van der Waals surface area contributed by atoms with Crippen molar-refractivity contribution >= 4 is 6.09 Å². The number of hydrogen-bond acceptors (Lipinski definition) is 5. The molecule has 1 aromatic carbocycles. The smallest absolute Gasteiger partial charge is 0.409 e. The van der Waals surface area contributed by atoms with Crippen molar-refractivity contribution in [3.05, 3.63) is 29.8 Å². The highest BCUT2D eigenvalue weighted by Crippen LogP contribution is 2.14. The summed E-state index contributed by atoms with van der Waals surface area (Å²) in [6.45, 7) is 0.686. The Bertz CT molecular complexity index is 403. The minimum absolute atomic E-state index is 0.283. The third-order valence-corrected chi connectivity index (χ3v) is 2.86. The van der Waals surface area contributed by atoms with E-state index in [2.05, 4.69) is 0 Å². The lowest BCUT2D eigenvalue weighted by molar-refractivity contribution is -0.114. The van der Waals surface area contributed by atoms with Crippen molar-refractivity contribution in [1.29, 1.82) is 0 Å². The second kappa shape index (κ2) is 8.39. The SMILES string of the molecule is COC(=O)N(Cc1ccc(OC)cc1)CC(OC)OC. The molecular formula is C14H21NO5. The Balaban J connectivity index is 2.74. The number of nitrogens with zero attached hydrogens (tertiary/aromatic N) is 1. The summed E-state index contributed by atoms with van der Waals surface area (Å²) in [4.78, 5) is 13.3. The molecule has 0 spiro atoms. The van der Waals surface area contributed by atoms with Crippen LogP contribution in [0.2, 0.25) is 0 Å². The summed E-state index contributed by atoms with van der Waals surface area (Å²) < 4.78 is 20.1. The summed E-state index contributed by atoms with van der Waals surface area (Å²) >= 11 is 0. The Morgan fingerprint density at radius 3 is 2.15 bits per heavy atom. The predicted molar refractivity (Wildman–Crippen MR) is 73.6 cm³/mol. The second-order valence-corrected chi connectivity index (χ2v) is 4.10.